The average molecular weight is 657 g/mol. The van der Waals surface area contributed by atoms with Gasteiger partial charge in [-0.05, 0) is 10.8 Å². The molecule has 2 aliphatic rings. The number of hydrogen-bond donors (Lipinski definition) is 0. The Morgan fingerprint density at radius 2 is 1.23 bits per heavy atom. The zero-order valence-corrected chi connectivity index (χ0v) is 30.4. The molecule has 0 amide bonds. The molecule has 5 rings (SSSR count). The van der Waals surface area contributed by atoms with Gasteiger partial charge in [-0.15, -0.1) is 46.2 Å². The second-order valence-corrected chi connectivity index (χ2v) is 15.6. The Bertz CT molecular complexity index is 1230. The summed E-state index contributed by atoms with van der Waals surface area (Å²) in [5, 5.41) is 5.49. The van der Waals surface area contributed by atoms with E-state index in [0.717, 1.165) is 6.42 Å². The fourth-order valence-corrected chi connectivity index (χ4v) is 5.85. The molecular formula is C37H50Cl2Zr-2. The van der Waals surface area contributed by atoms with Gasteiger partial charge in [-0.25, -0.2) is 6.08 Å². The summed E-state index contributed by atoms with van der Waals surface area (Å²) in [7, 11) is 0. The van der Waals surface area contributed by atoms with Gasteiger partial charge in [0.05, 0.1) is 0 Å². The fourth-order valence-electron chi connectivity index (χ4n) is 4.98. The third kappa shape index (κ3) is 10.1. The zero-order valence-electron chi connectivity index (χ0n) is 26.4. The van der Waals surface area contributed by atoms with E-state index in [0.29, 0.717) is 5.41 Å². The summed E-state index contributed by atoms with van der Waals surface area (Å²) in [5.74, 6) is 0. The summed E-state index contributed by atoms with van der Waals surface area (Å²) in [6, 6.07) is 16.1. The van der Waals surface area contributed by atoms with Gasteiger partial charge >= 0.3 is 59.5 Å². The Hall–Kier alpha value is -0.877. The van der Waals surface area contributed by atoms with E-state index in [1.165, 1.54) is 76.8 Å². The second-order valence-electron chi connectivity index (χ2n) is 13.9. The van der Waals surface area contributed by atoms with E-state index < -0.39 is 0 Å². The third-order valence-electron chi connectivity index (χ3n) is 8.26. The van der Waals surface area contributed by atoms with Crippen LogP contribution in [0, 0.1) is 11.5 Å². The first kappa shape index (κ1) is 37.1. The molecule has 3 aromatic carbocycles. The maximum absolute atomic E-state index is 3.20. The molecule has 0 atom stereocenters. The third-order valence-corrected chi connectivity index (χ3v) is 9.49. The molecule has 218 valence electrons. The van der Waals surface area contributed by atoms with E-state index in [4.69, 9.17) is 0 Å². The molecule has 1 fully saturated rings. The summed E-state index contributed by atoms with van der Waals surface area (Å²) in [6.45, 7) is 20.5. The molecule has 1 saturated carbocycles. The number of hydrogen-bond acceptors (Lipinski definition) is 0. The van der Waals surface area contributed by atoms with Crippen LogP contribution in [0.15, 0.2) is 60.2 Å². The number of allylic oxidation sites excluding steroid dienone is 4. The van der Waals surface area contributed by atoms with E-state index in [1.54, 1.807) is 27.4 Å². The van der Waals surface area contributed by atoms with E-state index in [-0.39, 0.29) is 35.6 Å². The molecule has 0 spiro atoms. The fraction of sp³-hybridized carbons (Fsp3) is 0.514. The predicted octanol–water partition coefficient (Wildman–Crippen LogP) is 5.10. The monoisotopic (exact) mass is 654 g/mol. The summed E-state index contributed by atoms with van der Waals surface area (Å²) in [4.78, 5) is 0. The minimum atomic E-state index is 0. The molecule has 0 heterocycles. The Balaban J connectivity index is 0.000000351. The van der Waals surface area contributed by atoms with Gasteiger partial charge in [-0.1, -0.05) is 110 Å². The summed E-state index contributed by atoms with van der Waals surface area (Å²) in [5.41, 5.74) is 5.02. The van der Waals surface area contributed by atoms with E-state index >= 15 is 0 Å². The van der Waals surface area contributed by atoms with Crippen LogP contribution in [0.25, 0.3) is 21.5 Å². The van der Waals surface area contributed by atoms with Crippen LogP contribution < -0.4 is 24.8 Å². The molecule has 0 N–H and O–H groups in total. The molecule has 3 heteroatoms. The van der Waals surface area contributed by atoms with Crippen molar-refractivity contribution >= 4 is 24.8 Å². The normalized spacial score (nSPS) is 15.4. The van der Waals surface area contributed by atoms with Crippen molar-refractivity contribution in [2.45, 2.75) is 118 Å². The molecule has 0 aliphatic heterocycles. The zero-order chi connectivity index (χ0) is 28.1. The van der Waals surface area contributed by atoms with Gasteiger partial charge in [0.1, 0.15) is 0 Å². The first-order chi connectivity index (χ1) is 17.7. The Morgan fingerprint density at radius 3 is 1.55 bits per heavy atom. The van der Waals surface area contributed by atoms with Crippen molar-refractivity contribution in [1.82, 2.24) is 0 Å². The van der Waals surface area contributed by atoms with Gasteiger partial charge < -0.3 is 24.8 Å². The van der Waals surface area contributed by atoms with Crippen LogP contribution in [0.4, 0.5) is 0 Å². The maximum atomic E-state index is 3.20. The van der Waals surface area contributed by atoms with E-state index in [1.807, 2.05) is 0 Å². The summed E-state index contributed by atoms with van der Waals surface area (Å²) >= 11 is 1.69. The van der Waals surface area contributed by atoms with Crippen LogP contribution in [0.2, 0.25) is 0 Å². The second kappa shape index (κ2) is 15.6. The number of benzene rings is 2. The van der Waals surface area contributed by atoms with Gasteiger partial charge in [-0.2, -0.15) is 11.6 Å². The van der Waals surface area contributed by atoms with Crippen molar-refractivity contribution in [3.05, 3.63) is 77.4 Å². The summed E-state index contributed by atoms with van der Waals surface area (Å²) in [6.07, 6.45) is 17.1. The summed E-state index contributed by atoms with van der Waals surface area (Å²) < 4.78 is 1.80. The van der Waals surface area contributed by atoms with Crippen LogP contribution in [0.3, 0.4) is 0 Å². The van der Waals surface area contributed by atoms with Crippen molar-refractivity contribution in [2.75, 3.05) is 0 Å². The first-order valence-electron chi connectivity index (χ1n) is 14.7. The van der Waals surface area contributed by atoms with Gasteiger partial charge in [0.25, 0.3) is 0 Å². The van der Waals surface area contributed by atoms with Gasteiger partial charge in [-0.3, -0.25) is 6.08 Å². The number of rotatable bonds is 2. The van der Waals surface area contributed by atoms with Crippen LogP contribution in [0.5, 0.6) is 0 Å². The average Bonchev–Trinajstić information content (AvgIpc) is 3.52. The first-order valence-corrected chi connectivity index (χ1v) is 15.9. The topological polar surface area (TPSA) is 0 Å². The van der Waals surface area contributed by atoms with E-state index in [9.17, 15) is 0 Å². The van der Waals surface area contributed by atoms with Crippen LogP contribution in [0.1, 0.15) is 118 Å². The van der Waals surface area contributed by atoms with Crippen molar-refractivity contribution in [2.24, 2.45) is 5.41 Å². The van der Waals surface area contributed by atoms with Gasteiger partial charge in [0, 0.05) is 0 Å². The Labute approximate surface area is 273 Å². The predicted molar refractivity (Wildman–Crippen MR) is 167 cm³/mol. The van der Waals surface area contributed by atoms with Crippen LogP contribution >= 0.6 is 0 Å². The van der Waals surface area contributed by atoms with Crippen molar-refractivity contribution in [1.29, 1.82) is 0 Å². The molecule has 0 saturated heterocycles. The van der Waals surface area contributed by atoms with Gasteiger partial charge in [0.2, 0.25) is 0 Å². The van der Waals surface area contributed by atoms with Crippen molar-refractivity contribution < 1.29 is 49.0 Å². The number of fused-ring (bicyclic) bond motifs is 3. The van der Waals surface area contributed by atoms with Crippen LogP contribution in [-0.2, 0) is 35.1 Å². The molecule has 2 aliphatic carbocycles. The molecule has 40 heavy (non-hydrogen) atoms. The standard InChI is InChI=1S/C21H25.C10H15.C6H10.2ClH.Zr/c1-20(2,3)16-9-7-14-11-15-8-10-17(21(4,5)6)13-19(15)18(14)12-16;1-4-10(2,3)9-7-5-6-8-9;1-2-4-6-5-3-1;;;/h7-13H,1-6H3;7-8H,4-5H2,1-3H3;1-5H2;2*1H;/q2*-1;;;;+2/p-2. The molecule has 0 aromatic heterocycles. The molecule has 0 nitrogen and oxygen atoms in total. The number of halogens is 2. The molecule has 0 unspecified atom stereocenters. The Kier molecular flexibility index (Phi) is 14.4. The van der Waals surface area contributed by atoms with E-state index in [2.05, 4.69) is 123 Å². The van der Waals surface area contributed by atoms with Crippen LogP contribution in [-0.4, -0.2) is 3.21 Å². The van der Waals surface area contributed by atoms with Gasteiger partial charge in [0.15, 0.2) is 0 Å². The SMILES string of the molecule is CC(C)(C)c1ccc2[cH-]c3ccc(C(C)(C)C)cc3c2c1.CCC(C)(C)C1=CC[C-]=C1.[Cl-].[Cl-].[Zr+2]=[C]1CCCCC1. The molecule has 3 aromatic rings. The minimum absolute atomic E-state index is 0. The Morgan fingerprint density at radius 1 is 0.750 bits per heavy atom. The quantitative estimate of drug-likeness (QED) is 0.337. The molecule has 0 radical (unpaired) electrons. The molecule has 0 bridgehead atoms. The van der Waals surface area contributed by atoms with Crippen molar-refractivity contribution in [3.8, 4) is 0 Å². The molecular weight excluding hydrogens is 607 g/mol. The van der Waals surface area contributed by atoms with Crippen molar-refractivity contribution in [3.63, 3.8) is 0 Å².